The Labute approximate surface area is 98.0 Å². The number of hydrogen-bond acceptors (Lipinski definition) is 3. The lowest BCUT2D eigenvalue weighted by atomic mass is 10.3. The molecule has 76 valence electrons. The summed E-state index contributed by atoms with van der Waals surface area (Å²) in [7, 11) is 0. The van der Waals surface area contributed by atoms with Gasteiger partial charge < -0.3 is 0 Å². The van der Waals surface area contributed by atoms with Gasteiger partial charge in [-0.2, -0.15) is 0 Å². The van der Waals surface area contributed by atoms with E-state index in [0.29, 0.717) is 4.77 Å². The Morgan fingerprint density at radius 1 is 1.20 bits per heavy atom. The zero-order valence-electron chi connectivity index (χ0n) is 8.25. The van der Waals surface area contributed by atoms with E-state index < -0.39 is 0 Å². The van der Waals surface area contributed by atoms with Gasteiger partial charge in [-0.25, -0.2) is 4.98 Å². The lowest BCUT2D eigenvalue weighted by molar-refractivity contribution is 0.906. The molecule has 2 rings (SSSR count). The molecule has 0 saturated heterocycles. The summed E-state index contributed by atoms with van der Waals surface area (Å²) in [4.78, 5) is 4.31. The quantitative estimate of drug-likeness (QED) is 0.451. The molecule has 0 aliphatic heterocycles. The fourth-order valence-electron chi connectivity index (χ4n) is 1.29. The van der Waals surface area contributed by atoms with Crippen molar-refractivity contribution in [3.63, 3.8) is 0 Å². The van der Waals surface area contributed by atoms with Crippen LogP contribution in [-0.2, 0) is 0 Å². The smallest absolute Gasteiger partial charge is 0.205 e. The van der Waals surface area contributed by atoms with Crippen LogP contribution in [-0.4, -0.2) is 15.8 Å². The maximum absolute atomic E-state index is 5.23. The maximum atomic E-state index is 5.23. The van der Waals surface area contributed by atoms with Gasteiger partial charge in [-0.3, -0.25) is 4.57 Å². The van der Waals surface area contributed by atoms with Crippen molar-refractivity contribution in [2.45, 2.75) is 5.03 Å². The summed E-state index contributed by atoms with van der Waals surface area (Å²) in [5.74, 6) is 0. The lowest BCUT2D eigenvalue weighted by Crippen LogP contribution is -1.98. The van der Waals surface area contributed by atoms with E-state index in [1.54, 1.807) is 11.8 Å². The van der Waals surface area contributed by atoms with Gasteiger partial charge in [0.15, 0.2) is 0 Å². The first kappa shape index (κ1) is 10.4. The van der Waals surface area contributed by atoms with E-state index in [1.165, 1.54) is 0 Å². The molecule has 2 aromatic rings. The molecule has 15 heavy (non-hydrogen) atoms. The van der Waals surface area contributed by atoms with Crippen molar-refractivity contribution >= 4 is 24.0 Å². The second-order valence-corrected chi connectivity index (χ2v) is 4.15. The lowest BCUT2D eigenvalue weighted by Gasteiger charge is -2.06. The van der Waals surface area contributed by atoms with Crippen molar-refractivity contribution in [3.05, 3.63) is 47.4 Å². The highest BCUT2D eigenvalue weighted by Crippen LogP contribution is 2.13. The van der Waals surface area contributed by atoms with Gasteiger partial charge in [0, 0.05) is 11.9 Å². The molecule has 2 nitrogen and oxygen atoms in total. The van der Waals surface area contributed by atoms with Crippen LogP contribution in [0.2, 0.25) is 0 Å². The van der Waals surface area contributed by atoms with E-state index in [-0.39, 0.29) is 0 Å². The summed E-state index contributed by atoms with van der Waals surface area (Å²) in [5.41, 5.74) is 1.04. The van der Waals surface area contributed by atoms with Gasteiger partial charge in [-0.1, -0.05) is 18.2 Å². The van der Waals surface area contributed by atoms with Crippen LogP contribution in [0.1, 0.15) is 0 Å². The normalized spacial score (nSPS) is 10.2. The Kier molecular flexibility index (Phi) is 3.18. The van der Waals surface area contributed by atoms with Crippen LogP contribution in [0.3, 0.4) is 0 Å². The summed E-state index contributed by atoms with van der Waals surface area (Å²) in [5, 5.41) is 0.951. The summed E-state index contributed by atoms with van der Waals surface area (Å²) < 4.78 is 2.49. The third-order valence-electron chi connectivity index (χ3n) is 2.02. The van der Waals surface area contributed by atoms with E-state index in [1.807, 2.05) is 53.4 Å². The van der Waals surface area contributed by atoms with Gasteiger partial charge in [-0.15, -0.1) is 11.8 Å². The van der Waals surface area contributed by atoms with Crippen molar-refractivity contribution in [3.8, 4) is 5.69 Å². The fourth-order valence-corrected chi connectivity index (χ4v) is 1.98. The van der Waals surface area contributed by atoms with Crippen LogP contribution >= 0.6 is 24.0 Å². The van der Waals surface area contributed by atoms with Gasteiger partial charge in [0.25, 0.3) is 0 Å². The summed E-state index contributed by atoms with van der Waals surface area (Å²) in [6, 6.07) is 11.9. The van der Waals surface area contributed by atoms with E-state index in [4.69, 9.17) is 12.2 Å². The Morgan fingerprint density at radius 3 is 2.53 bits per heavy atom. The second kappa shape index (κ2) is 4.59. The van der Waals surface area contributed by atoms with Gasteiger partial charge in [-0.05, 0) is 36.7 Å². The number of aromatic nitrogens is 2. The molecule has 0 radical (unpaired) electrons. The molecule has 0 unspecified atom stereocenters. The molecule has 0 amide bonds. The van der Waals surface area contributed by atoms with Gasteiger partial charge in [0.1, 0.15) is 5.03 Å². The molecular formula is C11H10N2S2. The van der Waals surface area contributed by atoms with Gasteiger partial charge >= 0.3 is 0 Å². The number of nitrogens with zero attached hydrogens (tertiary/aromatic N) is 2. The molecule has 0 atom stereocenters. The van der Waals surface area contributed by atoms with Crippen LogP contribution in [0.25, 0.3) is 5.69 Å². The number of hydrogen-bond donors (Lipinski definition) is 0. The molecule has 0 aliphatic carbocycles. The van der Waals surface area contributed by atoms with Crippen LogP contribution in [0.4, 0.5) is 0 Å². The fraction of sp³-hybridized carbons (Fsp3) is 0.0909. The first-order valence-corrected chi connectivity index (χ1v) is 6.13. The average Bonchev–Trinajstić information content (AvgIpc) is 2.30. The molecule has 4 heteroatoms. The second-order valence-electron chi connectivity index (χ2n) is 2.96. The maximum Gasteiger partial charge on any atom is 0.205 e. The summed E-state index contributed by atoms with van der Waals surface area (Å²) in [6.07, 6.45) is 3.94. The first-order valence-electron chi connectivity index (χ1n) is 4.50. The Hall–Kier alpha value is -1.13. The molecule has 1 aromatic heterocycles. The van der Waals surface area contributed by atoms with Crippen molar-refractivity contribution in [1.29, 1.82) is 0 Å². The number of benzene rings is 1. The largest absolute Gasteiger partial charge is 0.293 e. The van der Waals surface area contributed by atoms with Gasteiger partial charge in [0.05, 0.1) is 0 Å². The van der Waals surface area contributed by atoms with E-state index >= 15 is 0 Å². The average molecular weight is 234 g/mol. The molecule has 0 saturated carbocycles. The SMILES string of the molecule is CSc1ccn(-c2ccccc2)c(=S)n1. The number of rotatable bonds is 2. The monoisotopic (exact) mass is 234 g/mol. The molecule has 0 aliphatic rings. The highest BCUT2D eigenvalue weighted by Gasteiger charge is 1.97. The third-order valence-corrected chi connectivity index (χ3v) is 2.96. The molecule has 1 heterocycles. The molecule has 0 spiro atoms. The molecular weight excluding hydrogens is 224 g/mol. The van der Waals surface area contributed by atoms with Crippen molar-refractivity contribution in [2.75, 3.05) is 6.26 Å². The number of thioether (sulfide) groups is 1. The standard InChI is InChI=1S/C11H10N2S2/c1-15-10-7-8-13(11(14)12-10)9-5-3-2-4-6-9/h2-8H,1H3. The van der Waals surface area contributed by atoms with Crippen molar-refractivity contribution in [2.24, 2.45) is 0 Å². The predicted octanol–water partition coefficient (Wildman–Crippen LogP) is 3.32. The van der Waals surface area contributed by atoms with Crippen LogP contribution < -0.4 is 0 Å². The highest BCUT2D eigenvalue weighted by molar-refractivity contribution is 7.98. The van der Waals surface area contributed by atoms with Crippen molar-refractivity contribution < 1.29 is 0 Å². The predicted molar refractivity (Wildman–Crippen MR) is 66.2 cm³/mol. The third kappa shape index (κ3) is 2.27. The molecule has 0 N–H and O–H groups in total. The zero-order chi connectivity index (χ0) is 10.7. The Balaban J connectivity index is 2.51. The Bertz CT molecular complexity index is 505. The van der Waals surface area contributed by atoms with Crippen LogP contribution in [0.15, 0.2) is 47.6 Å². The number of para-hydroxylation sites is 1. The van der Waals surface area contributed by atoms with E-state index in [0.717, 1.165) is 10.7 Å². The van der Waals surface area contributed by atoms with Gasteiger partial charge in [0.2, 0.25) is 4.77 Å². The summed E-state index contributed by atoms with van der Waals surface area (Å²) >= 11 is 6.82. The van der Waals surface area contributed by atoms with Crippen LogP contribution in [0.5, 0.6) is 0 Å². The highest BCUT2D eigenvalue weighted by atomic mass is 32.2. The first-order chi connectivity index (χ1) is 7.31. The van der Waals surface area contributed by atoms with Crippen molar-refractivity contribution in [1.82, 2.24) is 9.55 Å². The molecule has 0 fully saturated rings. The zero-order valence-corrected chi connectivity index (χ0v) is 9.89. The summed E-state index contributed by atoms with van der Waals surface area (Å²) in [6.45, 7) is 0. The van der Waals surface area contributed by atoms with E-state index in [2.05, 4.69) is 4.98 Å². The molecule has 0 bridgehead atoms. The minimum absolute atomic E-state index is 0.591. The minimum atomic E-state index is 0.591. The Morgan fingerprint density at radius 2 is 1.93 bits per heavy atom. The van der Waals surface area contributed by atoms with Crippen LogP contribution in [0, 0.1) is 4.77 Å². The topological polar surface area (TPSA) is 17.8 Å². The van der Waals surface area contributed by atoms with E-state index in [9.17, 15) is 0 Å². The molecule has 1 aromatic carbocycles. The minimum Gasteiger partial charge on any atom is -0.293 e.